The molecule has 1 aromatic carbocycles. The van der Waals surface area contributed by atoms with Crippen LogP contribution in [0.25, 0.3) is 22.7 Å². The summed E-state index contributed by atoms with van der Waals surface area (Å²) in [4.78, 5) is 13.5. The van der Waals surface area contributed by atoms with Crippen LogP contribution in [0.2, 0.25) is 0 Å². The van der Waals surface area contributed by atoms with E-state index in [1.807, 2.05) is 51.2 Å². The quantitative estimate of drug-likeness (QED) is 0.517. The molecule has 0 atom stereocenters. The van der Waals surface area contributed by atoms with Gasteiger partial charge in [0.25, 0.3) is 0 Å². The molecule has 3 heterocycles. The summed E-state index contributed by atoms with van der Waals surface area (Å²) in [5.41, 5.74) is 5.93. The Hall–Kier alpha value is -2.73. The third kappa shape index (κ3) is 6.89. The zero-order valence-corrected chi connectivity index (χ0v) is 20.0. The molecule has 1 fully saturated rings. The minimum atomic E-state index is 0.384. The molecule has 0 amide bonds. The van der Waals surface area contributed by atoms with Gasteiger partial charge in [0.2, 0.25) is 0 Å². The number of ether oxygens (including phenoxy) is 2. The molecule has 5 heteroatoms. The molecule has 32 heavy (non-hydrogen) atoms. The highest BCUT2D eigenvalue weighted by Gasteiger charge is 2.11. The van der Waals surface area contributed by atoms with E-state index >= 15 is 0 Å². The lowest BCUT2D eigenvalue weighted by Gasteiger charge is -2.21. The highest BCUT2D eigenvalue weighted by molar-refractivity contribution is 5.88. The number of likely N-dealkylation sites (N-methyl/N-ethyl adjacent to an activating group) is 1. The van der Waals surface area contributed by atoms with E-state index in [-0.39, 0.29) is 0 Å². The maximum atomic E-state index is 11.3. The Morgan fingerprint density at radius 3 is 2.22 bits per heavy atom. The molecular weight excluding hydrogens is 400 g/mol. The molecule has 0 radical (unpaired) electrons. The molecule has 0 N–H and O–H groups in total. The number of hydrogen-bond acceptors (Lipinski definition) is 4. The van der Waals surface area contributed by atoms with Crippen LogP contribution in [-0.4, -0.2) is 62.2 Å². The number of nitrogens with zero attached hydrogens (tertiary/aromatic N) is 2. The van der Waals surface area contributed by atoms with E-state index in [4.69, 9.17) is 9.47 Å². The van der Waals surface area contributed by atoms with Crippen LogP contribution >= 0.6 is 0 Å². The minimum Gasteiger partial charge on any atom is -0.382 e. The van der Waals surface area contributed by atoms with Crippen LogP contribution in [0.5, 0.6) is 0 Å². The second-order valence-electron chi connectivity index (χ2n) is 7.98. The monoisotopic (exact) mass is 436 g/mol. The summed E-state index contributed by atoms with van der Waals surface area (Å²) in [5, 5.41) is 0. The van der Waals surface area contributed by atoms with Gasteiger partial charge in [-0.25, -0.2) is 0 Å². The second-order valence-corrected chi connectivity index (χ2v) is 7.98. The summed E-state index contributed by atoms with van der Waals surface area (Å²) in [6.45, 7) is 13.8. The second kappa shape index (κ2) is 13.0. The summed E-state index contributed by atoms with van der Waals surface area (Å²) >= 11 is 0. The Kier molecular flexibility index (Phi) is 10.3. The Morgan fingerprint density at radius 1 is 1.12 bits per heavy atom. The van der Waals surface area contributed by atoms with Crippen molar-refractivity contribution in [2.75, 3.05) is 40.5 Å². The molecule has 1 saturated heterocycles. The normalized spacial score (nSPS) is 13.7. The van der Waals surface area contributed by atoms with Gasteiger partial charge in [0.15, 0.2) is 0 Å². The predicted octanol–water partition coefficient (Wildman–Crippen LogP) is 5.36. The lowest BCUT2D eigenvalue weighted by molar-refractivity contribution is 0.0503. The number of morpholine rings is 1. The Morgan fingerprint density at radius 2 is 1.75 bits per heavy atom. The number of fused-ring (bicyclic) bond motifs is 1. The van der Waals surface area contributed by atoms with E-state index in [1.165, 1.54) is 0 Å². The fourth-order valence-corrected chi connectivity index (χ4v) is 3.28. The van der Waals surface area contributed by atoms with Crippen molar-refractivity contribution < 1.29 is 14.3 Å². The first-order valence-electron chi connectivity index (χ1n) is 11.0. The van der Waals surface area contributed by atoms with Crippen LogP contribution < -0.4 is 0 Å². The molecule has 0 spiro atoms. The average molecular weight is 437 g/mol. The van der Waals surface area contributed by atoms with Gasteiger partial charge >= 0.3 is 0 Å². The van der Waals surface area contributed by atoms with Gasteiger partial charge in [-0.1, -0.05) is 36.9 Å². The fraction of sp³-hybridized carbons (Fsp3) is 0.370. The molecule has 0 aliphatic carbocycles. The number of benzene rings is 1. The van der Waals surface area contributed by atoms with E-state index in [2.05, 4.69) is 41.1 Å². The maximum Gasteiger partial charge on any atom is 0.150 e. The first kappa shape index (κ1) is 25.5. The highest BCUT2D eigenvalue weighted by Crippen LogP contribution is 2.29. The standard InChI is InChI=1S/C18H15NO.C5H11NO.C4H10O/c1-3-17-13(2)15(12-20)11-18-16(9-10-19(17)18)14-7-5-4-6-8-14;1-6-2-4-7-5-3-6;1-4(2)5-3/h3-12H,1H2,2H3;2-5H2,1H3;4H,1-3H3. The third-order valence-corrected chi connectivity index (χ3v) is 5.41. The van der Waals surface area contributed by atoms with E-state index in [0.717, 1.165) is 60.5 Å². The van der Waals surface area contributed by atoms with E-state index in [1.54, 1.807) is 13.2 Å². The smallest absolute Gasteiger partial charge is 0.150 e. The molecule has 1 aliphatic heterocycles. The predicted molar refractivity (Wildman–Crippen MR) is 134 cm³/mol. The number of rotatable bonds is 4. The van der Waals surface area contributed by atoms with E-state index in [9.17, 15) is 4.79 Å². The van der Waals surface area contributed by atoms with Crippen molar-refractivity contribution in [1.82, 2.24) is 9.30 Å². The van der Waals surface area contributed by atoms with Gasteiger partial charge in [-0.2, -0.15) is 0 Å². The maximum absolute atomic E-state index is 11.3. The highest BCUT2D eigenvalue weighted by atomic mass is 16.5. The summed E-state index contributed by atoms with van der Waals surface area (Å²) in [7, 11) is 3.81. The van der Waals surface area contributed by atoms with Crippen molar-refractivity contribution in [3.63, 3.8) is 0 Å². The molecule has 4 rings (SSSR count). The zero-order valence-electron chi connectivity index (χ0n) is 20.0. The van der Waals surface area contributed by atoms with Gasteiger partial charge < -0.3 is 18.8 Å². The van der Waals surface area contributed by atoms with Crippen LogP contribution in [0.1, 0.15) is 35.5 Å². The van der Waals surface area contributed by atoms with Crippen molar-refractivity contribution >= 4 is 17.9 Å². The van der Waals surface area contributed by atoms with Crippen molar-refractivity contribution in [2.24, 2.45) is 0 Å². The molecule has 1 aliphatic rings. The molecule has 0 unspecified atom stereocenters. The van der Waals surface area contributed by atoms with Gasteiger partial charge in [-0.3, -0.25) is 4.79 Å². The van der Waals surface area contributed by atoms with Crippen LogP contribution in [0.3, 0.4) is 0 Å². The Labute approximate surface area is 192 Å². The number of pyridine rings is 1. The van der Waals surface area contributed by atoms with Gasteiger partial charge in [0.1, 0.15) is 6.29 Å². The number of carbonyl (C=O) groups is 1. The molecular formula is C27H36N2O3. The molecule has 0 bridgehead atoms. The van der Waals surface area contributed by atoms with Crippen molar-refractivity contribution in [2.45, 2.75) is 26.9 Å². The van der Waals surface area contributed by atoms with Gasteiger partial charge in [0.05, 0.1) is 24.8 Å². The SMILES string of the molecule is C=Cc1c(C)c(C=O)cc2c(-c3ccccc3)ccn12.CN1CCOCC1.COC(C)C. The van der Waals surface area contributed by atoms with Gasteiger partial charge in [0, 0.05) is 43.2 Å². The van der Waals surface area contributed by atoms with Crippen molar-refractivity contribution in [3.8, 4) is 11.1 Å². The van der Waals surface area contributed by atoms with E-state index in [0.29, 0.717) is 11.7 Å². The van der Waals surface area contributed by atoms with Crippen LogP contribution in [0.4, 0.5) is 0 Å². The lowest BCUT2D eigenvalue weighted by atomic mass is 10.0. The zero-order chi connectivity index (χ0) is 23.5. The largest absolute Gasteiger partial charge is 0.382 e. The number of carbonyl (C=O) groups excluding carboxylic acids is 1. The summed E-state index contributed by atoms with van der Waals surface area (Å²) < 4.78 is 11.9. The lowest BCUT2D eigenvalue weighted by Crippen LogP contribution is -2.32. The van der Waals surface area contributed by atoms with Gasteiger partial charge in [-0.05, 0) is 57.2 Å². The van der Waals surface area contributed by atoms with E-state index < -0.39 is 0 Å². The summed E-state index contributed by atoms with van der Waals surface area (Å²) in [5.74, 6) is 0. The van der Waals surface area contributed by atoms with Crippen LogP contribution in [0.15, 0.2) is 55.2 Å². The molecule has 2 aromatic heterocycles. The first-order chi connectivity index (χ1) is 15.4. The molecule has 3 aromatic rings. The number of aromatic nitrogens is 1. The summed E-state index contributed by atoms with van der Waals surface area (Å²) in [6.07, 6.45) is 5.11. The fourth-order valence-electron chi connectivity index (χ4n) is 3.28. The topological polar surface area (TPSA) is 43.2 Å². The molecule has 0 saturated carbocycles. The summed E-state index contributed by atoms with van der Waals surface area (Å²) in [6, 6.07) is 14.2. The number of methoxy groups -OCH3 is 1. The number of aldehydes is 1. The number of hydrogen-bond donors (Lipinski definition) is 0. The Bertz CT molecular complexity index is 987. The van der Waals surface area contributed by atoms with Crippen LogP contribution in [0, 0.1) is 6.92 Å². The molecule has 172 valence electrons. The van der Waals surface area contributed by atoms with Crippen LogP contribution in [-0.2, 0) is 9.47 Å². The van der Waals surface area contributed by atoms with Gasteiger partial charge in [-0.15, -0.1) is 0 Å². The van der Waals surface area contributed by atoms with Crippen molar-refractivity contribution in [3.05, 3.63) is 72.1 Å². The Balaban J connectivity index is 0.000000249. The third-order valence-electron chi connectivity index (χ3n) is 5.41. The first-order valence-corrected chi connectivity index (χ1v) is 11.0. The van der Waals surface area contributed by atoms with Crippen molar-refractivity contribution in [1.29, 1.82) is 0 Å². The minimum absolute atomic E-state index is 0.384. The average Bonchev–Trinajstić information content (AvgIpc) is 3.24. The molecule has 5 nitrogen and oxygen atoms in total.